The number of hydrogen-bond donors (Lipinski definition) is 1. The first-order valence-corrected chi connectivity index (χ1v) is 10.8. The van der Waals surface area contributed by atoms with E-state index in [9.17, 15) is 13.2 Å². The van der Waals surface area contributed by atoms with Gasteiger partial charge in [-0.15, -0.1) is 11.8 Å². The molecule has 1 N–H and O–H groups in total. The highest BCUT2D eigenvalue weighted by Gasteiger charge is 2.23. The third-order valence-corrected chi connectivity index (χ3v) is 6.94. The maximum Gasteiger partial charge on any atom is 0.251 e. The molecular formula is C19H24N2O3S2. The zero-order valence-corrected chi connectivity index (χ0v) is 16.8. The predicted octanol–water partition coefficient (Wildman–Crippen LogP) is 3.24. The van der Waals surface area contributed by atoms with Crippen molar-refractivity contribution in [2.45, 2.75) is 29.7 Å². The third-order valence-electron chi connectivity index (χ3n) is 3.90. The molecule has 0 spiro atoms. The smallest absolute Gasteiger partial charge is 0.251 e. The molecule has 5 nitrogen and oxygen atoms in total. The van der Waals surface area contributed by atoms with Crippen molar-refractivity contribution in [3.05, 3.63) is 60.2 Å². The van der Waals surface area contributed by atoms with E-state index in [2.05, 4.69) is 5.32 Å². The Morgan fingerprint density at radius 2 is 1.81 bits per heavy atom. The van der Waals surface area contributed by atoms with E-state index in [1.54, 1.807) is 37.7 Å². The maximum atomic E-state index is 12.6. The molecule has 140 valence electrons. The summed E-state index contributed by atoms with van der Waals surface area (Å²) in [4.78, 5) is 13.6. The summed E-state index contributed by atoms with van der Waals surface area (Å²) in [5, 5.41) is 2.83. The largest absolute Gasteiger partial charge is 0.351 e. The number of carbonyl (C=O) groups is 1. The molecule has 1 amide bonds. The summed E-state index contributed by atoms with van der Waals surface area (Å²) < 4.78 is 26.4. The van der Waals surface area contributed by atoms with Gasteiger partial charge in [-0.25, -0.2) is 8.42 Å². The number of nitrogens with one attached hydrogen (secondary N) is 1. The fraction of sp³-hybridized carbons (Fsp3) is 0.316. The molecule has 2 rings (SSSR count). The highest BCUT2D eigenvalue weighted by Crippen LogP contribution is 2.18. The van der Waals surface area contributed by atoms with Gasteiger partial charge in [-0.05, 0) is 44.2 Å². The van der Waals surface area contributed by atoms with Crippen LogP contribution >= 0.6 is 11.8 Å². The van der Waals surface area contributed by atoms with Crippen LogP contribution in [0.4, 0.5) is 0 Å². The Morgan fingerprint density at radius 3 is 2.46 bits per heavy atom. The van der Waals surface area contributed by atoms with Gasteiger partial charge in [0.25, 0.3) is 5.91 Å². The minimum absolute atomic E-state index is 0.125. The number of hydrogen-bond acceptors (Lipinski definition) is 4. The van der Waals surface area contributed by atoms with Crippen molar-refractivity contribution < 1.29 is 13.2 Å². The summed E-state index contributed by atoms with van der Waals surface area (Å²) in [7, 11) is -2.07. The van der Waals surface area contributed by atoms with Crippen molar-refractivity contribution in [3.8, 4) is 0 Å². The first kappa shape index (κ1) is 20.5. The Morgan fingerprint density at radius 1 is 1.12 bits per heavy atom. The summed E-state index contributed by atoms with van der Waals surface area (Å²) in [6.45, 7) is 4.11. The molecule has 0 radical (unpaired) electrons. The Bertz CT molecular complexity index is 837. The second-order valence-electron chi connectivity index (χ2n) is 6.06. The van der Waals surface area contributed by atoms with Crippen LogP contribution in [0.1, 0.15) is 24.2 Å². The maximum absolute atomic E-state index is 12.6. The molecule has 2 aromatic carbocycles. The average molecular weight is 393 g/mol. The monoisotopic (exact) mass is 392 g/mol. The minimum atomic E-state index is -3.61. The van der Waals surface area contributed by atoms with Crippen LogP contribution in [0.15, 0.2) is 64.4 Å². The molecule has 2 aromatic rings. The van der Waals surface area contributed by atoms with E-state index in [1.807, 2.05) is 30.3 Å². The molecule has 0 saturated heterocycles. The molecule has 0 aliphatic rings. The number of nitrogens with zero attached hydrogens (tertiary/aromatic N) is 1. The number of benzene rings is 2. The van der Waals surface area contributed by atoms with Crippen LogP contribution in [0.3, 0.4) is 0 Å². The fourth-order valence-electron chi connectivity index (χ4n) is 2.19. The molecule has 0 bridgehead atoms. The number of thioether (sulfide) groups is 1. The molecule has 0 aromatic heterocycles. The number of rotatable bonds is 8. The number of amides is 1. The van der Waals surface area contributed by atoms with E-state index >= 15 is 0 Å². The van der Waals surface area contributed by atoms with E-state index in [0.29, 0.717) is 12.1 Å². The van der Waals surface area contributed by atoms with Gasteiger partial charge in [0.15, 0.2) is 0 Å². The molecule has 0 unspecified atom stereocenters. The molecule has 0 atom stereocenters. The molecule has 0 aliphatic heterocycles. The first-order valence-electron chi connectivity index (χ1n) is 8.36. The van der Waals surface area contributed by atoms with Gasteiger partial charge < -0.3 is 5.32 Å². The summed E-state index contributed by atoms with van der Waals surface area (Å²) in [5.41, 5.74) is 0.341. The van der Waals surface area contributed by atoms with Crippen LogP contribution in [0.2, 0.25) is 0 Å². The van der Waals surface area contributed by atoms with Crippen LogP contribution in [0, 0.1) is 0 Å². The lowest BCUT2D eigenvalue weighted by Gasteiger charge is -2.21. The Balaban J connectivity index is 1.97. The quantitative estimate of drug-likeness (QED) is 0.553. The zero-order valence-electron chi connectivity index (χ0n) is 15.2. The van der Waals surface area contributed by atoms with Crippen LogP contribution in [0.5, 0.6) is 0 Å². The Hall–Kier alpha value is -1.83. The molecule has 7 heteroatoms. The fourth-order valence-corrected chi connectivity index (χ4v) is 4.40. The number of carbonyl (C=O) groups excluding carboxylic acids is 1. The lowest BCUT2D eigenvalue weighted by molar-refractivity contribution is 0.0956. The second-order valence-corrected chi connectivity index (χ2v) is 9.23. The van der Waals surface area contributed by atoms with E-state index < -0.39 is 10.0 Å². The molecular weight excluding hydrogens is 368 g/mol. The van der Waals surface area contributed by atoms with E-state index in [1.165, 1.54) is 23.5 Å². The van der Waals surface area contributed by atoms with Crippen LogP contribution in [-0.4, -0.2) is 44.0 Å². The highest BCUT2D eigenvalue weighted by atomic mass is 32.2. The normalized spacial score (nSPS) is 11.7. The zero-order chi connectivity index (χ0) is 19.2. The second kappa shape index (κ2) is 9.21. The SMILES string of the molecule is CC(C)N(C)S(=O)(=O)c1cccc(C(=O)NCCSc2ccccc2)c1. The van der Waals surface area contributed by atoms with Gasteiger partial charge in [0, 0.05) is 35.8 Å². The van der Waals surface area contributed by atoms with Crippen LogP contribution in [-0.2, 0) is 10.0 Å². The van der Waals surface area contributed by atoms with Gasteiger partial charge in [0.1, 0.15) is 0 Å². The van der Waals surface area contributed by atoms with Crippen LogP contribution in [0.25, 0.3) is 0 Å². The van der Waals surface area contributed by atoms with Gasteiger partial charge in [0.2, 0.25) is 10.0 Å². The molecule has 0 fully saturated rings. The van der Waals surface area contributed by atoms with Crippen molar-refractivity contribution in [2.24, 2.45) is 0 Å². The van der Waals surface area contributed by atoms with Crippen molar-refractivity contribution in [1.29, 1.82) is 0 Å². The Labute approximate surface area is 159 Å². The topological polar surface area (TPSA) is 66.5 Å². The van der Waals surface area contributed by atoms with E-state index in [0.717, 1.165) is 10.6 Å². The van der Waals surface area contributed by atoms with Gasteiger partial charge >= 0.3 is 0 Å². The van der Waals surface area contributed by atoms with Gasteiger partial charge in [-0.3, -0.25) is 4.79 Å². The predicted molar refractivity (Wildman–Crippen MR) is 106 cm³/mol. The van der Waals surface area contributed by atoms with Gasteiger partial charge in [-0.1, -0.05) is 24.3 Å². The Kier molecular flexibility index (Phi) is 7.25. The van der Waals surface area contributed by atoms with Gasteiger partial charge in [0.05, 0.1) is 4.90 Å². The molecule has 26 heavy (non-hydrogen) atoms. The van der Waals surface area contributed by atoms with E-state index in [-0.39, 0.29) is 16.8 Å². The summed E-state index contributed by atoms with van der Waals surface area (Å²) in [6, 6.07) is 15.9. The first-order chi connectivity index (χ1) is 12.3. The average Bonchev–Trinajstić information content (AvgIpc) is 2.65. The van der Waals surface area contributed by atoms with Crippen molar-refractivity contribution in [1.82, 2.24) is 9.62 Å². The van der Waals surface area contributed by atoms with Crippen molar-refractivity contribution >= 4 is 27.7 Å². The standard InChI is InChI=1S/C19H24N2O3S2/c1-15(2)21(3)26(23,24)18-11-7-8-16(14-18)19(22)20-12-13-25-17-9-5-4-6-10-17/h4-11,14-15H,12-13H2,1-3H3,(H,20,22). The lowest BCUT2D eigenvalue weighted by atomic mass is 10.2. The number of sulfonamides is 1. The molecule has 0 heterocycles. The lowest BCUT2D eigenvalue weighted by Crippen LogP contribution is -2.33. The van der Waals surface area contributed by atoms with E-state index in [4.69, 9.17) is 0 Å². The highest BCUT2D eigenvalue weighted by molar-refractivity contribution is 7.99. The summed E-state index contributed by atoms with van der Waals surface area (Å²) >= 11 is 1.65. The van der Waals surface area contributed by atoms with Crippen molar-refractivity contribution in [2.75, 3.05) is 19.3 Å². The molecule has 0 saturated carbocycles. The molecule has 0 aliphatic carbocycles. The van der Waals surface area contributed by atoms with Crippen molar-refractivity contribution in [3.63, 3.8) is 0 Å². The van der Waals surface area contributed by atoms with Gasteiger partial charge in [-0.2, -0.15) is 4.31 Å². The minimum Gasteiger partial charge on any atom is -0.351 e. The van der Waals surface area contributed by atoms with Crippen LogP contribution < -0.4 is 5.32 Å². The third kappa shape index (κ3) is 5.33. The summed E-state index contributed by atoms with van der Waals surface area (Å²) in [6.07, 6.45) is 0. The summed E-state index contributed by atoms with van der Waals surface area (Å²) in [5.74, 6) is 0.465.